The molecule has 1 aromatic rings. The van der Waals surface area contributed by atoms with Crippen molar-refractivity contribution in [3.8, 4) is 12.1 Å². The summed E-state index contributed by atoms with van der Waals surface area (Å²) in [5.74, 6) is -0.317. The second-order valence-electron chi connectivity index (χ2n) is 6.31. The van der Waals surface area contributed by atoms with Crippen LogP contribution in [0.4, 0.5) is 0 Å². The Morgan fingerprint density at radius 1 is 1.15 bits per heavy atom. The van der Waals surface area contributed by atoms with Gasteiger partial charge < -0.3 is 0 Å². The van der Waals surface area contributed by atoms with Gasteiger partial charge in [-0.1, -0.05) is 12.1 Å². The van der Waals surface area contributed by atoms with Crippen LogP contribution >= 0.6 is 0 Å². The Bertz CT molecular complexity index is 813. The number of Topliss-reactive ketones (excluding diaryl/α,β-unsaturated/α-hetero) is 1. The number of hydrogen-bond acceptors (Lipinski definition) is 6. The number of hydrogen-bond donors (Lipinski definition) is 0. The molecule has 1 aliphatic heterocycles. The SMILES string of the molecule is CC(=O)c1ccc(S(=O)(=O)N2CCN(C[C@@H](C#N)CCC#N)CC2)cc1. The molecule has 1 saturated heterocycles. The van der Waals surface area contributed by atoms with Gasteiger partial charge >= 0.3 is 0 Å². The molecule has 1 aromatic carbocycles. The van der Waals surface area contributed by atoms with Crippen molar-refractivity contribution in [2.24, 2.45) is 5.92 Å². The van der Waals surface area contributed by atoms with Gasteiger partial charge in [0.1, 0.15) is 0 Å². The summed E-state index contributed by atoms with van der Waals surface area (Å²) < 4.78 is 26.9. The monoisotopic (exact) mass is 374 g/mol. The molecular formula is C18H22N4O3S. The van der Waals surface area contributed by atoms with Gasteiger partial charge in [-0.15, -0.1) is 0 Å². The molecule has 7 nitrogen and oxygen atoms in total. The van der Waals surface area contributed by atoms with Crippen LogP contribution in [0.1, 0.15) is 30.1 Å². The van der Waals surface area contributed by atoms with Crippen LogP contribution in [0.25, 0.3) is 0 Å². The summed E-state index contributed by atoms with van der Waals surface area (Å²) in [5, 5.41) is 17.8. The topological polar surface area (TPSA) is 105 Å². The van der Waals surface area contributed by atoms with Gasteiger partial charge in [0.15, 0.2) is 5.78 Å². The van der Waals surface area contributed by atoms with Crippen LogP contribution in [-0.2, 0) is 10.0 Å². The molecule has 0 amide bonds. The van der Waals surface area contributed by atoms with Crippen molar-refractivity contribution in [1.82, 2.24) is 9.21 Å². The summed E-state index contributed by atoms with van der Waals surface area (Å²) in [7, 11) is -3.59. The molecule has 0 unspecified atom stereocenters. The fourth-order valence-electron chi connectivity index (χ4n) is 2.91. The lowest BCUT2D eigenvalue weighted by atomic mass is 10.0. The Morgan fingerprint density at radius 3 is 2.27 bits per heavy atom. The lowest BCUT2D eigenvalue weighted by Crippen LogP contribution is -2.49. The number of nitriles is 2. The highest BCUT2D eigenvalue weighted by molar-refractivity contribution is 7.89. The molecule has 0 aromatic heterocycles. The minimum Gasteiger partial charge on any atom is -0.299 e. The van der Waals surface area contributed by atoms with E-state index in [0.29, 0.717) is 51.1 Å². The zero-order chi connectivity index (χ0) is 19.2. The number of sulfonamides is 1. The first-order valence-electron chi connectivity index (χ1n) is 8.48. The highest BCUT2D eigenvalue weighted by Gasteiger charge is 2.29. The summed E-state index contributed by atoms with van der Waals surface area (Å²) in [5.41, 5.74) is 0.480. The van der Waals surface area contributed by atoms with E-state index in [1.165, 1.54) is 35.5 Å². The zero-order valence-electron chi connectivity index (χ0n) is 14.8. The summed E-state index contributed by atoms with van der Waals surface area (Å²) in [4.78, 5) is 13.6. The summed E-state index contributed by atoms with van der Waals surface area (Å²) in [6.07, 6.45) is 0.886. The molecule has 0 radical (unpaired) electrons. The van der Waals surface area contributed by atoms with E-state index >= 15 is 0 Å². The minimum atomic E-state index is -3.59. The molecule has 0 aliphatic carbocycles. The largest absolute Gasteiger partial charge is 0.299 e. The van der Waals surface area contributed by atoms with Crippen LogP contribution in [0.3, 0.4) is 0 Å². The van der Waals surface area contributed by atoms with Gasteiger partial charge in [-0.2, -0.15) is 14.8 Å². The number of piperazine rings is 1. The predicted molar refractivity (Wildman–Crippen MR) is 95.6 cm³/mol. The van der Waals surface area contributed by atoms with Crippen molar-refractivity contribution in [2.45, 2.75) is 24.7 Å². The van der Waals surface area contributed by atoms with Crippen molar-refractivity contribution >= 4 is 15.8 Å². The van der Waals surface area contributed by atoms with Crippen molar-refractivity contribution < 1.29 is 13.2 Å². The van der Waals surface area contributed by atoms with Crippen LogP contribution in [0, 0.1) is 28.6 Å². The van der Waals surface area contributed by atoms with Crippen molar-refractivity contribution in [1.29, 1.82) is 10.5 Å². The number of benzene rings is 1. The third-order valence-electron chi connectivity index (χ3n) is 4.50. The van der Waals surface area contributed by atoms with Crippen LogP contribution in [-0.4, -0.2) is 56.1 Å². The van der Waals surface area contributed by atoms with Crippen molar-refractivity contribution in [3.63, 3.8) is 0 Å². The van der Waals surface area contributed by atoms with E-state index in [1.54, 1.807) is 0 Å². The number of rotatable bonds is 7. The smallest absolute Gasteiger partial charge is 0.243 e. The Morgan fingerprint density at radius 2 is 1.77 bits per heavy atom. The number of nitrogens with zero attached hydrogens (tertiary/aromatic N) is 4. The quantitative estimate of drug-likeness (QED) is 0.672. The maximum atomic E-state index is 12.7. The normalized spacial score (nSPS) is 17.2. The molecule has 1 atom stereocenters. The molecule has 2 rings (SSSR count). The van der Waals surface area contributed by atoms with Crippen LogP contribution in [0.15, 0.2) is 29.2 Å². The average Bonchev–Trinajstić information content (AvgIpc) is 2.65. The number of carbonyl (C=O) groups is 1. The van der Waals surface area contributed by atoms with E-state index in [1.807, 2.05) is 6.07 Å². The van der Waals surface area contributed by atoms with Crippen molar-refractivity contribution in [2.75, 3.05) is 32.7 Å². The Hall–Kier alpha value is -2.26. The first-order valence-corrected chi connectivity index (χ1v) is 9.92. The third-order valence-corrected chi connectivity index (χ3v) is 6.41. The van der Waals surface area contributed by atoms with E-state index in [2.05, 4.69) is 11.0 Å². The van der Waals surface area contributed by atoms with Crippen LogP contribution < -0.4 is 0 Å². The van der Waals surface area contributed by atoms with Gasteiger partial charge in [0.25, 0.3) is 0 Å². The second kappa shape index (κ2) is 8.91. The molecule has 0 saturated carbocycles. The molecular weight excluding hydrogens is 352 g/mol. The first kappa shape index (κ1) is 20.1. The summed E-state index contributed by atoms with van der Waals surface area (Å²) in [6, 6.07) is 10.2. The highest BCUT2D eigenvalue weighted by atomic mass is 32.2. The molecule has 26 heavy (non-hydrogen) atoms. The maximum absolute atomic E-state index is 12.7. The summed E-state index contributed by atoms with van der Waals surface area (Å²) >= 11 is 0. The fourth-order valence-corrected chi connectivity index (χ4v) is 4.33. The molecule has 0 spiro atoms. The number of carbonyl (C=O) groups excluding carboxylic acids is 1. The van der Waals surface area contributed by atoms with Crippen LogP contribution in [0.2, 0.25) is 0 Å². The first-order chi connectivity index (χ1) is 12.4. The lowest BCUT2D eigenvalue weighted by molar-refractivity contribution is 0.101. The molecule has 0 bridgehead atoms. The Balaban J connectivity index is 1.97. The van der Waals surface area contributed by atoms with Crippen LogP contribution in [0.5, 0.6) is 0 Å². The van der Waals surface area contributed by atoms with E-state index < -0.39 is 10.0 Å². The molecule has 138 valence electrons. The molecule has 0 N–H and O–H groups in total. The molecule has 8 heteroatoms. The van der Waals surface area contributed by atoms with E-state index in [-0.39, 0.29) is 16.6 Å². The van der Waals surface area contributed by atoms with Gasteiger partial charge in [0.2, 0.25) is 10.0 Å². The zero-order valence-corrected chi connectivity index (χ0v) is 15.6. The van der Waals surface area contributed by atoms with E-state index in [4.69, 9.17) is 10.5 Å². The van der Waals surface area contributed by atoms with E-state index in [0.717, 1.165) is 0 Å². The Kier molecular flexibility index (Phi) is 6.87. The van der Waals surface area contributed by atoms with Gasteiger partial charge in [-0.3, -0.25) is 9.69 Å². The van der Waals surface area contributed by atoms with E-state index in [9.17, 15) is 13.2 Å². The van der Waals surface area contributed by atoms with Gasteiger partial charge in [0, 0.05) is 44.7 Å². The fraction of sp³-hybridized carbons (Fsp3) is 0.500. The number of ketones is 1. The van der Waals surface area contributed by atoms with Gasteiger partial charge in [-0.25, -0.2) is 8.42 Å². The Labute approximate surface area is 154 Å². The molecule has 1 aliphatic rings. The van der Waals surface area contributed by atoms with Gasteiger partial charge in [0.05, 0.1) is 23.0 Å². The third kappa shape index (κ3) is 4.89. The average molecular weight is 374 g/mol. The minimum absolute atomic E-state index is 0.106. The summed E-state index contributed by atoms with van der Waals surface area (Å²) in [6.45, 7) is 3.80. The molecule has 1 fully saturated rings. The lowest BCUT2D eigenvalue weighted by Gasteiger charge is -2.34. The second-order valence-corrected chi connectivity index (χ2v) is 8.25. The van der Waals surface area contributed by atoms with Gasteiger partial charge in [-0.05, 0) is 25.5 Å². The standard InChI is InChI=1S/C18H22N4O3S/c1-15(23)17-4-6-18(7-5-17)26(24,25)22-11-9-21(10-12-22)14-16(13-20)3-2-8-19/h4-7,16H,2-3,9-12,14H2,1H3/t16-/m1/s1. The maximum Gasteiger partial charge on any atom is 0.243 e. The highest BCUT2D eigenvalue weighted by Crippen LogP contribution is 2.19. The molecule has 1 heterocycles. The predicted octanol–water partition coefficient (Wildman–Crippen LogP) is 1.64. The van der Waals surface area contributed by atoms with Crippen molar-refractivity contribution in [3.05, 3.63) is 29.8 Å².